The number of aliphatic hydroxyl groups excluding tert-OH is 1. The summed E-state index contributed by atoms with van der Waals surface area (Å²) >= 11 is 0. The van der Waals surface area contributed by atoms with E-state index in [4.69, 9.17) is 5.11 Å². The molecular formula is C11H11NO3. The molecule has 78 valence electrons. The third-order valence-electron chi connectivity index (χ3n) is 2.35. The van der Waals surface area contributed by atoms with E-state index in [0.29, 0.717) is 5.56 Å². The van der Waals surface area contributed by atoms with Crippen LogP contribution in [0.5, 0.6) is 0 Å². The van der Waals surface area contributed by atoms with Crippen molar-refractivity contribution in [3.63, 3.8) is 0 Å². The van der Waals surface area contributed by atoms with Gasteiger partial charge in [-0.15, -0.1) is 0 Å². The molecule has 1 aromatic heterocycles. The number of aliphatic hydroxyl groups is 1. The molecule has 0 saturated carbocycles. The lowest BCUT2D eigenvalue weighted by Gasteiger charge is -2.05. The number of aliphatic carboxylic acids is 1. The van der Waals surface area contributed by atoms with E-state index in [1.807, 2.05) is 24.3 Å². The number of nitrogens with one attached hydrogen (secondary N) is 1. The van der Waals surface area contributed by atoms with Gasteiger partial charge >= 0.3 is 5.97 Å². The van der Waals surface area contributed by atoms with Gasteiger partial charge in [-0.2, -0.15) is 0 Å². The minimum atomic E-state index is -1.01. The van der Waals surface area contributed by atoms with Crippen LogP contribution < -0.4 is 0 Å². The summed E-state index contributed by atoms with van der Waals surface area (Å²) in [6, 6.07) is 7.47. The van der Waals surface area contributed by atoms with Crippen LogP contribution in [0.15, 0.2) is 30.5 Å². The zero-order valence-electron chi connectivity index (χ0n) is 7.97. The number of para-hydroxylation sites is 1. The van der Waals surface area contributed by atoms with Crippen LogP contribution in [0.1, 0.15) is 18.1 Å². The molecule has 0 fully saturated rings. The van der Waals surface area contributed by atoms with Gasteiger partial charge in [-0.05, 0) is 6.07 Å². The van der Waals surface area contributed by atoms with E-state index in [1.54, 1.807) is 6.20 Å². The standard InChI is InChI=1S/C11H11NO3/c13-10(5-11(14)15)8-6-12-9-4-2-1-3-7(8)9/h1-4,6,10,12-13H,5H2,(H,14,15)/t10-/m1/s1. The van der Waals surface area contributed by atoms with E-state index in [1.165, 1.54) is 0 Å². The quantitative estimate of drug-likeness (QED) is 0.713. The van der Waals surface area contributed by atoms with Crippen LogP contribution in [0.4, 0.5) is 0 Å². The summed E-state index contributed by atoms with van der Waals surface area (Å²) in [4.78, 5) is 13.5. The third-order valence-corrected chi connectivity index (χ3v) is 2.35. The largest absolute Gasteiger partial charge is 0.481 e. The highest BCUT2D eigenvalue weighted by Gasteiger charge is 2.15. The number of carboxylic acid groups (broad SMARTS) is 1. The molecular weight excluding hydrogens is 194 g/mol. The lowest BCUT2D eigenvalue weighted by atomic mass is 10.1. The Morgan fingerprint density at radius 2 is 2.13 bits per heavy atom. The average molecular weight is 205 g/mol. The highest BCUT2D eigenvalue weighted by Crippen LogP contribution is 2.25. The Bertz CT molecular complexity index is 489. The number of fused-ring (bicyclic) bond motifs is 1. The van der Waals surface area contributed by atoms with Crippen LogP contribution in [0, 0.1) is 0 Å². The second-order valence-corrected chi connectivity index (χ2v) is 3.40. The summed E-state index contributed by atoms with van der Waals surface area (Å²) in [5.74, 6) is -1.01. The zero-order chi connectivity index (χ0) is 10.8. The lowest BCUT2D eigenvalue weighted by molar-refractivity contribution is -0.139. The molecule has 0 unspecified atom stereocenters. The first-order valence-corrected chi connectivity index (χ1v) is 4.64. The number of hydrogen-bond acceptors (Lipinski definition) is 2. The van der Waals surface area contributed by atoms with Crippen molar-refractivity contribution in [3.8, 4) is 0 Å². The number of benzene rings is 1. The highest BCUT2D eigenvalue weighted by atomic mass is 16.4. The number of carbonyl (C=O) groups is 1. The second kappa shape index (κ2) is 3.74. The first kappa shape index (κ1) is 9.73. The molecule has 2 aromatic rings. The van der Waals surface area contributed by atoms with Crippen molar-refractivity contribution in [2.45, 2.75) is 12.5 Å². The molecule has 0 amide bonds. The summed E-state index contributed by atoms with van der Waals surface area (Å²) in [6.45, 7) is 0. The maximum absolute atomic E-state index is 10.5. The molecule has 1 aromatic carbocycles. The van der Waals surface area contributed by atoms with Gasteiger partial charge in [0.2, 0.25) is 0 Å². The summed E-state index contributed by atoms with van der Waals surface area (Å²) < 4.78 is 0. The number of H-pyrrole nitrogens is 1. The fourth-order valence-corrected chi connectivity index (χ4v) is 1.65. The minimum Gasteiger partial charge on any atom is -0.481 e. The first-order chi connectivity index (χ1) is 7.18. The van der Waals surface area contributed by atoms with Gasteiger partial charge in [-0.25, -0.2) is 0 Å². The zero-order valence-corrected chi connectivity index (χ0v) is 7.97. The van der Waals surface area contributed by atoms with Crippen molar-refractivity contribution in [3.05, 3.63) is 36.0 Å². The molecule has 0 radical (unpaired) electrons. The Morgan fingerprint density at radius 3 is 2.87 bits per heavy atom. The number of hydrogen-bond donors (Lipinski definition) is 3. The van der Waals surface area contributed by atoms with E-state index in [0.717, 1.165) is 10.9 Å². The van der Waals surface area contributed by atoms with Gasteiger partial charge in [-0.3, -0.25) is 4.79 Å². The molecule has 0 aliphatic heterocycles. The normalized spacial score (nSPS) is 12.9. The summed E-state index contributed by atoms with van der Waals surface area (Å²) in [7, 11) is 0. The molecule has 2 rings (SSSR count). The first-order valence-electron chi connectivity index (χ1n) is 4.64. The molecule has 0 spiro atoms. The maximum atomic E-state index is 10.5. The van der Waals surface area contributed by atoms with E-state index in [-0.39, 0.29) is 6.42 Å². The van der Waals surface area contributed by atoms with Crippen molar-refractivity contribution in [2.24, 2.45) is 0 Å². The molecule has 4 nitrogen and oxygen atoms in total. The molecule has 4 heteroatoms. The summed E-state index contributed by atoms with van der Waals surface area (Å²) in [5.41, 5.74) is 1.53. The summed E-state index contributed by atoms with van der Waals surface area (Å²) in [6.07, 6.45) is 0.416. The molecule has 15 heavy (non-hydrogen) atoms. The van der Waals surface area contributed by atoms with Crippen LogP contribution >= 0.6 is 0 Å². The molecule has 1 heterocycles. The third kappa shape index (κ3) is 1.85. The lowest BCUT2D eigenvalue weighted by Crippen LogP contribution is -2.04. The van der Waals surface area contributed by atoms with Gasteiger partial charge in [0, 0.05) is 22.7 Å². The Labute approximate surface area is 86.2 Å². The van der Waals surface area contributed by atoms with Crippen molar-refractivity contribution in [2.75, 3.05) is 0 Å². The highest BCUT2D eigenvalue weighted by molar-refractivity contribution is 5.84. The Kier molecular flexibility index (Phi) is 2.43. The Hall–Kier alpha value is -1.81. The number of aromatic amines is 1. The van der Waals surface area contributed by atoms with Crippen molar-refractivity contribution in [1.82, 2.24) is 4.98 Å². The van der Waals surface area contributed by atoms with Crippen LogP contribution in [-0.2, 0) is 4.79 Å². The number of aromatic nitrogens is 1. The second-order valence-electron chi connectivity index (χ2n) is 3.40. The SMILES string of the molecule is O=C(O)C[C@@H](O)c1c[nH]c2ccccc12. The van der Waals surface area contributed by atoms with Crippen molar-refractivity contribution in [1.29, 1.82) is 0 Å². The number of carboxylic acids is 1. The van der Waals surface area contributed by atoms with Gasteiger partial charge in [-0.1, -0.05) is 18.2 Å². The van der Waals surface area contributed by atoms with Crippen molar-refractivity contribution < 1.29 is 15.0 Å². The molecule has 0 aliphatic rings. The predicted molar refractivity (Wildman–Crippen MR) is 55.5 cm³/mol. The van der Waals surface area contributed by atoms with Gasteiger partial charge in [0.1, 0.15) is 0 Å². The summed E-state index contributed by atoms with van der Waals surface area (Å²) in [5, 5.41) is 19.1. The molecule has 1 atom stereocenters. The molecule has 3 N–H and O–H groups in total. The minimum absolute atomic E-state index is 0.276. The predicted octanol–water partition coefficient (Wildman–Crippen LogP) is 1.68. The van der Waals surface area contributed by atoms with Crippen molar-refractivity contribution >= 4 is 16.9 Å². The maximum Gasteiger partial charge on any atom is 0.306 e. The van der Waals surface area contributed by atoms with E-state index in [2.05, 4.69) is 4.98 Å². The topological polar surface area (TPSA) is 73.3 Å². The molecule has 0 aliphatic carbocycles. The Balaban J connectivity index is 2.39. The van der Waals surface area contributed by atoms with E-state index in [9.17, 15) is 9.90 Å². The fourth-order valence-electron chi connectivity index (χ4n) is 1.65. The van der Waals surface area contributed by atoms with Crippen LogP contribution in [0.3, 0.4) is 0 Å². The van der Waals surface area contributed by atoms with E-state index >= 15 is 0 Å². The number of rotatable bonds is 3. The molecule has 0 saturated heterocycles. The van der Waals surface area contributed by atoms with Gasteiger partial charge in [0.25, 0.3) is 0 Å². The molecule has 0 bridgehead atoms. The van der Waals surface area contributed by atoms with Crippen LogP contribution in [0.25, 0.3) is 10.9 Å². The van der Waals surface area contributed by atoms with Crippen LogP contribution in [-0.4, -0.2) is 21.2 Å². The monoisotopic (exact) mass is 205 g/mol. The van der Waals surface area contributed by atoms with Gasteiger partial charge < -0.3 is 15.2 Å². The van der Waals surface area contributed by atoms with Gasteiger partial charge in [0.05, 0.1) is 12.5 Å². The van der Waals surface area contributed by atoms with Gasteiger partial charge in [0.15, 0.2) is 0 Å². The Morgan fingerprint density at radius 1 is 1.40 bits per heavy atom. The van der Waals surface area contributed by atoms with E-state index < -0.39 is 12.1 Å². The average Bonchev–Trinajstić information content (AvgIpc) is 2.59. The van der Waals surface area contributed by atoms with Crippen LogP contribution in [0.2, 0.25) is 0 Å². The fraction of sp³-hybridized carbons (Fsp3) is 0.182. The smallest absolute Gasteiger partial charge is 0.306 e.